The third-order valence-electron chi connectivity index (χ3n) is 2.83. The van der Waals surface area contributed by atoms with Gasteiger partial charge in [0.05, 0.1) is 0 Å². The van der Waals surface area contributed by atoms with Gasteiger partial charge in [0.1, 0.15) is 0 Å². The van der Waals surface area contributed by atoms with E-state index in [1.54, 1.807) is 0 Å². The van der Waals surface area contributed by atoms with Crippen LogP contribution >= 0.6 is 0 Å². The second-order valence-corrected chi connectivity index (χ2v) is 4.44. The lowest BCUT2D eigenvalue weighted by Crippen LogP contribution is -2.12. The smallest absolute Gasteiger partial charge is 0.0208 e. The molecule has 0 saturated carbocycles. The molecule has 1 rings (SSSR count). The molecule has 1 N–H and O–H groups in total. The first kappa shape index (κ1) is 14.0. The fourth-order valence-electron chi connectivity index (χ4n) is 1.79. The summed E-state index contributed by atoms with van der Waals surface area (Å²) in [7, 11) is 0. The number of unbranched alkanes of at least 4 members (excludes halogenated alkanes) is 4. The van der Waals surface area contributed by atoms with Crippen molar-refractivity contribution in [2.75, 3.05) is 6.54 Å². The standard InChI is InChI=1S/C16H25N/c1-2-3-4-5-6-7-11-14-17-15-16-12-9-8-10-13-16/h7-13,17H,2-6,14-15H2,1H3. The molecule has 0 aliphatic rings. The molecule has 0 saturated heterocycles. The van der Waals surface area contributed by atoms with Gasteiger partial charge in [-0.15, -0.1) is 0 Å². The molecule has 1 heteroatoms. The molecular weight excluding hydrogens is 206 g/mol. The fraction of sp³-hybridized carbons (Fsp3) is 0.500. The molecule has 1 aromatic carbocycles. The van der Waals surface area contributed by atoms with Gasteiger partial charge in [-0.2, -0.15) is 0 Å². The van der Waals surface area contributed by atoms with E-state index in [0.29, 0.717) is 0 Å². The molecule has 0 aliphatic carbocycles. The Kier molecular flexibility index (Phi) is 8.31. The molecule has 94 valence electrons. The van der Waals surface area contributed by atoms with Crippen molar-refractivity contribution in [2.45, 2.75) is 45.6 Å². The molecule has 0 spiro atoms. The van der Waals surface area contributed by atoms with Gasteiger partial charge < -0.3 is 5.32 Å². The zero-order valence-corrected chi connectivity index (χ0v) is 11.0. The first-order valence-corrected chi connectivity index (χ1v) is 6.83. The number of rotatable bonds is 9. The topological polar surface area (TPSA) is 12.0 Å². The van der Waals surface area contributed by atoms with Crippen LogP contribution in [0.1, 0.15) is 44.6 Å². The number of benzene rings is 1. The third kappa shape index (κ3) is 7.76. The van der Waals surface area contributed by atoms with E-state index in [4.69, 9.17) is 0 Å². The number of nitrogens with one attached hydrogen (secondary N) is 1. The van der Waals surface area contributed by atoms with E-state index in [-0.39, 0.29) is 0 Å². The third-order valence-corrected chi connectivity index (χ3v) is 2.83. The predicted octanol–water partition coefficient (Wildman–Crippen LogP) is 4.30. The van der Waals surface area contributed by atoms with Crippen molar-refractivity contribution in [1.29, 1.82) is 0 Å². The van der Waals surface area contributed by atoms with Gasteiger partial charge >= 0.3 is 0 Å². The van der Waals surface area contributed by atoms with Gasteiger partial charge in [-0.25, -0.2) is 0 Å². The zero-order valence-electron chi connectivity index (χ0n) is 11.0. The van der Waals surface area contributed by atoms with Crippen molar-refractivity contribution >= 4 is 0 Å². The maximum absolute atomic E-state index is 3.42. The first-order valence-electron chi connectivity index (χ1n) is 6.83. The SMILES string of the molecule is CCCCCCC=CCNCc1ccccc1. The molecule has 0 unspecified atom stereocenters. The molecule has 1 nitrogen and oxygen atoms in total. The molecule has 0 aliphatic heterocycles. The second-order valence-electron chi connectivity index (χ2n) is 4.44. The van der Waals surface area contributed by atoms with E-state index in [1.807, 2.05) is 0 Å². The summed E-state index contributed by atoms with van der Waals surface area (Å²) in [5.41, 5.74) is 1.35. The average molecular weight is 231 g/mol. The monoisotopic (exact) mass is 231 g/mol. The summed E-state index contributed by atoms with van der Waals surface area (Å²) in [4.78, 5) is 0. The van der Waals surface area contributed by atoms with E-state index in [1.165, 1.54) is 37.7 Å². The Morgan fingerprint density at radius 2 is 1.82 bits per heavy atom. The number of allylic oxidation sites excluding steroid dienone is 1. The summed E-state index contributed by atoms with van der Waals surface area (Å²) in [6, 6.07) is 10.5. The fourth-order valence-corrected chi connectivity index (χ4v) is 1.79. The first-order chi connectivity index (χ1) is 8.43. The van der Waals surface area contributed by atoms with Crippen LogP contribution in [0.25, 0.3) is 0 Å². The van der Waals surface area contributed by atoms with Crippen LogP contribution in [-0.2, 0) is 6.54 Å². The van der Waals surface area contributed by atoms with E-state index in [0.717, 1.165) is 13.1 Å². The van der Waals surface area contributed by atoms with Gasteiger partial charge in [0.25, 0.3) is 0 Å². The Morgan fingerprint density at radius 3 is 2.59 bits per heavy atom. The van der Waals surface area contributed by atoms with E-state index >= 15 is 0 Å². The lowest BCUT2D eigenvalue weighted by molar-refractivity contribution is 0.673. The highest BCUT2D eigenvalue weighted by Crippen LogP contribution is 2.02. The van der Waals surface area contributed by atoms with Crippen molar-refractivity contribution in [2.24, 2.45) is 0 Å². The lowest BCUT2D eigenvalue weighted by atomic mass is 10.1. The van der Waals surface area contributed by atoms with Gasteiger partial charge in [0, 0.05) is 13.1 Å². The van der Waals surface area contributed by atoms with Crippen molar-refractivity contribution in [1.82, 2.24) is 5.32 Å². The van der Waals surface area contributed by atoms with Crippen LogP contribution in [0, 0.1) is 0 Å². The summed E-state index contributed by atoms with van der Waals surface area (Å²) in [6.07, 6.45) is 11.2. The maximum atomic E-state index is 3.42. The lowest BCUT2D eigenvalue weighted by Gasteiger charge is -2.01. The molecule has 0 radical (unpaired) electrons. The molecule has 0 bridgehead atoms. The summed E-state index contributed by atoms with van der Waals surface area (Å²) in [5, 5.41) is 3.42. The molecule has 0 aromatic heterocycles. The highest BCUT2D eigenvalue weighted by molar-refractivity contribution is 5.14. The van der Waals surface area contributed by atoms with E-state index in [2.05, 4.69) is 54.7 Å². The van der Waals surface area contributed by atoms with E-state index < -0.39 is 0 Å². The van der Waals surface area contributed by atoms with Crippen LogP contribution < -0.4 is 5.32 Å². The van der Waals surface area contributed by atoms with Crippen LogP contribution in [0.2, 0.25) is 0 Å². The largest absolute Gasteiger partial charge is 0.309 e. The van der Waals surface area contributed by atoms with Gasteiger partial charge in [0.15, 0.2) is 0 Å². The summed E-state index contributed by atoms with van der Waals surface area (Å²) < 4.78 is 0. The molecule has 17 heavy (non-hydrogen) atoms. The van der Waals surface area contributed by atoms with Gasteiger partial charge in [0.2, 0.25) is 0 Å². The Morgan fingerprint density at radius 1 is 1.00 bits per heavy atom. The number of hydrogen-bond acceptors (Lipinski definition) is 1. The van der Waals surface area contributed by atoms with Gasteiger partial charge in [-0.05, 0) is 18.4 Å². The predicted molar refractivity (Wildman–Crippen MR) is 76.0 cm³/mol. The van der Waals surface area contributed by atoms with E-state index in [9.17, 15) is 0 Å². The van der Waals surface area contributed by atoms with Crippen LogP contribution in [0.4, 0.5) is 0 Å². The second kappa shape index (κ2) is 10.1. The van der Waals surface area contributed by atoms with Crippen molar-refractivity contribution < 1.29 is 0 Å². The normalized spacial score (nSPS) is 11.1. The molecule has 1 aromatic rings. The Labute approximate surface area is 106 Å². The molecule has 0 fully saturated rings. The maximum Gasteiger partial charge on any atom is 0.0208 e. The van der Waals surface area contributed by atoms with Crippen LogP contribution in [-0.4, -0.2) is 6.54 Å². The minimum absolute atomic E-state index is 0.959. The van der Waals surface area contributed by atoms with Crippen LogP contribution in [0.5, 0.6) is 0 Å². The molecular formula is C16H25N. The zero-order chi connectivity index (χ0) is 12.2. The van der Waals surface area contributed by atoms with Gasteiger partial charge in [-0.1, -0.05) is 68.7 Å². The highest BCUT2D eigenvalue weighted by atomic mass is 14.8. The average Bonchev–Trinajstić information content (AvgIpc) is 2.38. The van der Waals surface area contributed by atoms with Crippen molar-refractivity contribution in [3.05, 3.63) is 48.0 Å². The number of hydrogen-bond donors (Lipinski definition) is 1. The van der Waals surface area contributed by atoms with Crippen molar-refractivity contribution in [3.8, 4) is 0 Å². The Bertz CT molecular complexity index is 290. The Balaban J connectivity index is 1.95. The molecule has 0 atom stereocenters. The molecule has 0 heterocycles. The molecule has 0 amide bonds. The minimum Gasteiger partial charge on any atom is -0.309 e. The summed E-state index contributed by atoms with van der Waals surface area (Å²) in [6.45, 7) is 4.19. The van der Waals surface area contributed by atoms with Gasteiger partial charge in [-0.3, -0.25) is 0 Å². The highest BCUT2D eigenvalue weighted by Gasteiger charge is 1.88. The quantitative estimate of drug-likeness (QED) is 0.493. The summed E-state index contributed by atoms with van der Waals surface area (Å²) >= 11 is 0. The minimum atomic E-state index is 0.959. The Hall–Kier alpha value is -1.08. The van der Waals surface area contributed by atoms with Crippen LogP contribution in [0.3, 0.4) is 0 Å². The van der Waals surface area contributed by atoms with Crippen LogP contribution in [0.15, 0.2) is 42.5 Å². The summed E-state index contributed by atoms with van der Waals surface area (Å²) in [5.74, 6) is 0. The van der Waals surface area contributed by atoms with Crippen molar-refractivity contribution in [3.63, 3.8) is 0 Å².